The highest BCUT2D eigenvalue weighted by atomic mass is 32.2. The molecule has 2 aliphatic rings. The number of pyridine rings is 1. The minimum Gasteiger partial charge on any atom is -0.369 e. The summed E-state index contributed by atoms with van der Waals surface area (Å²) >= 11 is -2.26. The average molecular weight is 333 g/mol. The third kappa shape index (κ3) is 2.69. The molecule has 1 unspecified atom stereocenters. The zero-order chi connectivity index (χ0) is 16.0. The number of hydrogen-bond acceptors (Lipinski definition) is 4. The van der Waals surface area contributed by atoms with Gasteiger partial charge in [-0.25, -0.2) is 4.21 Å². The van der Waals surface area contributed by atoms with Gasteiger partial charge in [0.1, 0.15) is 4.90 Å². The Morgan fingerprint density at radius 1 is 1.22 bits per heavy atom. The van der Waals surface area contributed by atoms with Crippen molar-refractivity contribution >= 4 is 27.7 Å². The van der Waals surface area contributed by atoms with E-state index in [1.54, 1.807) is 12.3 Å². The van der Waals surface area contributed by atoms with E-state index in [9.17, 15) is 13.6 Å². The van der Waals surface area contributed by atoms with Gasteiger partial charge in [-0.3, -0.25) is 4.79 Å². The molecule has 0 radical (unpaired) electrons. The highest BCUT2D eigenvalue weighted by Gasteiger charge is 2.26. The molecule has 23 heavy (non-hydrogen) atoms. The highest BCUT2D eigenvalue weighted by molar-refractivity contribution is 7.79. The Morgan fingerprint density at radius 3 is 2.61 bits per heavy atom. The maximum Gasteiger partial charge on any atom is 0.207 e. The molecule has 0 bridgehead atoms. The van der Waals surface area contributed by atoms with Crippen LogP contribution in [-0.2, 0) is 11.1 Å². The van der Waals surface area contributed by atoms with E-state index in [4.69, 9.17) is 0 Å². The lowest BCUT2D eigenvalue weighted by Crippen LogP contribution is -2.43. The van der Waals surface area contributed by atoms with Crippen molar-refractivity contribution in [1.82, 2.24) is 9.88 Å². The summed E-state index contributed by atoms with van der Waals surface area (Å²) in [5.74, 6) is 0. The largest absolute Gasteiger partial charge is 0.369 e. The van der Waals surface area contributed by atoms with Gasteiger partial charge >= 0.3 is 0 Å². The predicted octanol–water partition coefficient (Wildman–Crippen LogP) is 1.33. The monoisotopic (exact) mass is 333 g/mol. The van der Waals surface area contributed by atoms with Crippen molar-refractivity contribution in [2.24, 2.45) is 0 Å². The first-order chi connectivity index (χ1) is 11.1. The lowest BCUT2D eigenvalue weighted by atomic mass is 10.1. The average Bonchev–Trinajstić information content (AvgIpc) is 3.40. The maximum absolute atomic E-state index is 12.5. The van der Waals surface area contributed by atoms with E-state index in [-0.39, 0.29) is 10.3 Å². The van der Waals surface area contributed by atoms with Crippen molar-refractivity contribution < 1.29 is 8.76 Å². The Balaban J connectivity index is 1.89. The topological polar surface area (TPSA) is 74.6 Å². The second-order valence-corrected chi connectivity index (χ2v) is 7.09. The van der Waals surface area contributed by atoms with Crippen molar-refractivity contribution in [1.29, 1.82) is 0 Å². The van der Waals surface area contributed by atoms with E-state index in [0.717, 1.165) is 50.2 Å². The second kappa shape index (κ2) is 5.74. The SMILES string of the molecule is O=c1c(S(=O)O)cn(C2CC2)c2cc(N3CCNCC3)ccc12. The summed E-state index contributed by atoms with van der Waals surface area (Å²) in [4.78, 5) is 14.7. The summed E-state index contributed by atoms with van der Waals surface area (Å²) in [5, 5.41) is 3.86. The number of benzene rings is 1. The Bertz CT molecular complexity index is 838. The Hall–Kier alpha value is -1.70. The molecule has 1 saturated carbocycles. The summed E-state index contributed by atoms with van der Waals surface area (Å²) in [7, 11) is 0. The molecule has 1 atom stereocenters. The number of nitrogens with one attached hydrogen (secondary N) is 1. The quantitative estimate of drug-likeness (QED) is 0.829. The fraction of sp³-hybridized carbons (Fsp3) is 0.438. The van der Waals surface area contributed by atoms with Crippen LogP contribution < -0.4 is 15.6 Å². The molecule has 0 spiro atoms. The van der Waals surface area contributed by atoms with E-state index in [0.29, 0.717) is 11.4 Å². The molecule has 7 heteroatoms. The normalized spacial score (nSPS) is 20.0. The van der Waals surface area contributed by atoms with Crippen LogP contribution in [0, 0.1) is 0 Å². The summed E-state index contributed by atoms with van der Waals surface area (Å²) < 4.78 is 22.9. The molecule has 1 aromatic heterocycles. The maximum atomic E-state index is 12.5. The summed E-state index contributed by atoms with van der Waals surface area (Å²) in [6.07, 6.45) is 3.67. The first kappa shape index (κ1) is 14.9. The van der Waals surface area contributed by atoms with E-state index < -0.39 is 11.1 Å². The van der Waals surface area contributed by atoms with Gasteiger partial charge in [0, 0.05) is 49.5 Å². The summed E-state index contributed by atoms with van der Waals surface area (Å²) in [6, 6.07) is 6.11. The number of fused-ring (bicyclic) bond motifs is 1. The van der Waals surface area contributed by atoms with Crippen molar-refractivity contribution in [2.75, 3.05) is 31.1 Å². The van der Waals surface area contributed by atoms with Gasteiger partial charge < -0.3 is 19.3 Å². The van der Waals surface area contributed by atoms with Crippen LogP contribution in [0.2, 0.25) is 0 Å². The van der Waals surface area contributed by atoms with E-state index in [2.05, 4.69) is 10.2 Å². The number of aromatic nitrogens is 1. The summed E-state index contributed by atoms with van der Waals surface area (Å²) in [6.45, 7) is 3.79. The van der Waals surface area contributed by atoms with E-state index >= 15 is 0 Å². The molecule has 1 aromatic carbocycles. The van der Waals surface area contributed by atoms with Crippen LogP contribution in [0.15, 0.2) is 34.1 Å². The third-order valence-corrected chi connectivity index (χ3v) is 5.26. The number of anilines is 1. The molecule has 4 rings (SSSR count). The third-order valence-electron chi connectivity index (χ3n) is 4.59. The van der Waals surface area contributed by atoms with Crippen LogP contribution >= 0.6 is 0 Å². The van der Waals surface area contributed by atoms with Crippen LogP contribution in [0.3, 0.4) is 0 Å². The minimum atomic E-state index is -2.26. The van der Waals surface area contributed by atoms with Crippen molar-refractivity contribution in [2.45, 2.75) is 23.8 Å². The van der Waals surface area contributed by atoms with Gasteiger partial charge in [0.15, 0.2) is 11.1 Å². The number of nitrogens with zero attached hydrogens (tertiary/aromatic N) is 2. The van der Waals surface area contributed by atoms with E-state index in [1.807, 2.05) is 16.7 Å². The first-order valence-electron chi connectivity index (χ1n) is 7.90. The van der Waals surface area contributed by atoms with Crippen molar-refractivity contribution in [3.8, 4) is 0 Å². The lowest BCUT2D eigenvalue weighted by molar-refractivity contribution is 0.562. The fourth-order valence-electron chi connectivity index (χ4n) is 3.21. The first-order valence-corrected chi connectivity index (χ1v) is 9.01. The zero-order valence-corrected chi connectivity index (χ0v) is 13.5. The molecule has 122 valence electrons. The Labute approximate surface area is 136 Å². The summed E-state index contributed by atoms with van der Waals surface area (Å²) in [5.41, 5.74) is 1.62. The van der Waals surface area contributed by atoms with Gasteiger partial charge in [-0.05, 0) is 31.0 Å². The van der Waals surface area contributed by atoms with Crippen LogP contribution in [-0.4, -0.2) is 39.5 Å². The molecule has 0 amide bonds. The van der Waals surface area contributed by atoms with Crippen LogP contribution in [0.1, 0.15) is 18.9 Å². The Kier molecular flexibility index (Phi) is 3.71. The zero-order valence-electron chi connectivity index (χ0n) is 12.7. The second-order valence-electron chi connectivity index (χ2n) is 6.15. The highest BCUT2D eigenvalue weighted by Crippen LogP contribution is 2.37. The molecule has 1 aliphatic carbocycles. The number of piperazine rings is 1. The Morgan fingerprint density at radius 2 is 1.96 bits per heavy atom. The van der Waals surface area contributed by atoms with Gasteiger partial charge in [0.25, 0.3) is 0 Å². The molecule has 2 aromatic rings. The van der Waals surface area contributed by atoms with Crippen molar-refractivity contribution in [3.63, 3.8) is 0 Å². The molecule has 1 saturated heterocycles. The standard InChI is InChI=1S/C16H19N3O3S/c20-16-13-4-3-12(18-7-5-17-6-8-18)9-14(13)19(11-1-2-11)10-15(16)23(21)22/h3-4,9-11,17H,1-2,5-8H2,(H,21,22). The minimum absolute atomic E-state index is 0.0284. The predicted molar refractivity (Wildman–Crippen MR) is 90.6 cm³/mol. The van der Waals surface area contributed by atoms with Gasteiger partial charge in [-0.15, -0.1) is 0 Å². The molecule has 6 nitrogen and oxygen atoms in total. The van der Waals surface area contributed by atoms with E-state index in [1.165, 1.54) is 0 Å². The number of rotatable bonds is 3. The lowest BCUT2D eigenvalue weighted by Gasteiger charge is -2.29. The van der Waals surface area contributed by atoms with Gasteiger partial charge in [-0.1, -0.05) is 0 Å². The van der Waals surface area contributed by atoms with Gasteiger partial charge in [0.2, 0.25) is 5.43 Å². The van der Waals surface area contributed by atoms with Crippen LogP contribution in [0.25, 0.3) is 10.9 Å². The van der Waals surface area contributed by atoms with Gasteiger partial charge in [-0.2, -0.15) is 0 Å². The van der Waals surface area contributed by atoms with Crippen LogP contribution in [0.4, 0.5) is 5.69 Å². The molecule has 1 aliphatic heterocycles. The van der Waals surface area contributed by atoms with Gasteiger partial charge in [0.05, 0.1) is 5.52 Å². The molecular weight excluding hydrogens is 314 g/mol. The molecular formula is C16H19N3O3S. The smallest absolute Gasteiger partial charge is 0.207 e. The van der Waals surface area contributed by atoms with Crippen LogP contribution in [0.5, 0.6) is 0 Å². The fourth-order valence-corrected chi connectivity index (χ4v) is 3.68. The number of hydrogen-bond donors (Lipinski definition) is 2. The molecule has 2 heterocycles. The molecule has 2 fully saturated rings. The van der Waals surface area contributed by atoms with Crippen molar-refractivity contribution in [3.05, 3.63) is 34.6 Å². The molecule has 2 N–H and O–H groups in total.